The second kappa shape index (κ2) is 5.70. The topological polar surface area (TPSA) is 68.1 Å². The van der Waals surface area contributed by atoms with Crippen LogP contribution in [0.2, 0.25) is 0 Å². The van der Waals surface area contributed by atoms with Gasteiger partial charge in [0, 0.05) is 23.1 Å². The molecule has 4 nitrogen and oxygen atoms in total. The highest BCUT2D eigenvalue weighted by molar-refractivity contribution is 5.85. The first-order valence-electron chi connectivity index (χ1n) is 5.11. The van der Waals surface area contributed by atoms with Crippen LogP contribution >= 0.6 is 12.4 Å². The van der Waals surface area contributed by atoms with Gasteiger partial charge in [-0.1, -0.05) is 12.1 Å². The first-order valence-corrected chi connectivity index (χ1v) is 5.11. The number of ether oxygens (including phenoxy) is 1. The molecule has 0 fully saturated rings. The number of hydrogen-bond acceptors (Lipinski definition) is 3. The number of esters is 1. The fourth-order valence-electron chi connectivity index (χ4n) is 1.81. The summed E-state index contributed by atoms with van der Waals surface area (Å²) >= 11 is 0. The van der Waals surface area contributed by atoms with Crippen molar-refractivity contribution in [2.24, 2.45) is 5.73 Å². The van der Waals surface area contributed by atoms with Crippen LogP contribution in [0.5, 0.6) is 0 Å². The number of aromatic amines is 1. The Labute approximate surface area is 106 Å². The molecule has 0 aliphatic carbocycles. The number of H-pyrrole nitrogens is 1. The normalized spacial score (nSPS) is 11.9. The van der Waals surface area contributed by atoms with Crippen molar-refractivity contribution in [3.63, 3.8) is 0 Å². The van der Waals surface area contributed by atoms with Crippen LogP contribution in [0, 0.1) is 0 Å². The van der Waals surface area contributed by atoms with Crippen molar-refractivity contribution in [3.8, 4) is 0 Å². The first-order chi connectivity index (χ1) is 7.72. The molecule has 2 rings (SSSR count). The Bertz CT molecular complexity index is 510. The number of fused-ring (bicyclic) bond motifs is 1. The summed E-state index contributed by atoms with van der Waals surface area (Å²) in [5.74, 6) is -0.292. The van der Waals surface area contributed by atoms with Crippen molar-refractivity contribution in [3.05, 3.63) is 36.0 Å². The van der Waals surface area contributed by atoms with Crippen molar-refractivity contribution < 1.29 is 9.53 Å². The van der Waals surface area contributed by atoms with E-state index in [2.05, 4.69) is 9.72 Å². The molecule has 1 atom stereocenters. The van der Waals surface area contributed by atoms with E-state index in [4.69, 9.17) is 5.73 Å². The Balaban J connectivity index is 0.00000144. The van der Waals surface area contributed by atoms with E-state index < -0.39 is 0 Å². The first kappa shape index (κ1) is 13.5. The van der Waals surface area contributed by atoms with Crippen LogP contribution in [0.15, 0.2) is 30.5 Å². The number of nitrogens with one attached hydrogen (secondary N) is 1. The highest BCUT2D eigenvalue weighted by Gasteiger charge is 2.14. The minimum Gasteiger partial charge on any atom is -0.469 e. The maximum absolute atomic E-state index is 11.2. The standard InChI is InChI=1S/C12H14N2O2.ClH/c1-16-12(15)7-10(13)8-3-2-4-11-9(8)5-6-14-11;/h2-6,10,14H,7,13H2,1H3;1H/t10-;/m1./s1. The summed E-state index contributed by atoms with van der Waals surface area (Å²) in [7, 11) is 1.37. The van der Waals surface area contributed by atoms with Crippen LogP contribution in [-0.4, -0.2) is 18.1 Å². The molecule has 1 heterocycles. The van der Waals surface area contributed by atoms with E-state index in [-0.39, 0.29) is 30.8 Å². The van der Waals surface area contributed by atoms with Crippen LogP contribution in [-0.2, 0) is 9.53 Å². The van der Waals surface area contributed by atoms with Crippen LogP contribution in [0.4, 0.5) is 0 Å². The van der Waals surface area contributed by atoms with Crippen molar-refractivity contribution in [2.45, 2.75) is 12.5 Å². The molecule has 1 aromatic heterocycles. The van der Waals surface area contributed by atoms with Gasteiger partial charge in [0.1, 0.15) is 0 Å². The maximum atomic E-state index is 11.2. The Morgan fingerprint density at radius 3 is 2.94 bits per heavy atom. The van der Waals surface area contributed by atoms with Crippen molar-refractivity contribution >= 4 is 29.3 Å². The summed E-state index contributed by atoms with van der Waals surface area (Å²) < 4.78 is 4.61. The number of nitrogens with two attached hydrogens (primary N) is 1. The predicted molar refractivity (Wildman–Crippen MR) is 69.1 cm³/mol. The molecule has 2 aromatic rings. The summed E-state index contributed by atoms with van der Waals surface area (Å²) in [6, 6.07) is 7.47. The lowest BCUT2D eigenvalue weighted by Gasteiger charge is -2.11. The van der Waals surface area contributed by atoms with Gasteiger partial charge < -0.3 is 15.5 Å². The molecule has 5 heteroatoms. The zero-order chi connectivity index (χ0) is 11.5. The molecular formula is C12H15ClN2O2. The summed E-state index contributed by atoms with van der Waals surface area (Å²) in [5, 5.41) is 1.05. The molecule has 17 heavy (non-hydrogen) atoms. The average molecular weight is 255 g/mol. The number of rotatable bonds is 3. The number of halogens is 1. The van der Waals surface area contributed by atoms with E-state index in [1.54, 1.807) is 0 Å². The highest BCUT2D eigenvalue weighted by Crippen LogP contribution is 2.24. The zero-order valence-electron chi connectivity index (χ0n) is 9.47. The Hall–Kier alpha value is -1.52. The van der Waals surface area contributed by atoms with Gasteiger partial charge in [-0.2, -0.15) is 0 Å². The SMILES string of the molecule is COC(=O)C[C@@H](N)c1cccc2[nH]ccc12.Cl. The van der Waals surface area contributed by atoms with Gasteiger partial charge in [0.25, 0.3) is 0 Å². The number of hydrogen-bond donors (Lipinski definition) is 2. The number of carbonyl (C=O) groups excluding carboxylic acids is 1. The lowest BCUT2D eigenvalue weighted by atomic mass is 10.0. The van der Waals surface area contributed by atoms with Crippen LogP contribution in [0.25, 0.3) is 10.9 Å². The summed E-state index contributed by atoms with van der Waals surface area (Å²) in [5.41, 5.74) is 7.97. The van der Waals surface area contributed by atoms with E-state index >= 15 is 0 Å². The molecule has 0 bridgehead atoms. The fourth-order valence-corrected chi connectivity index (χ4v) is 1.81. The van der Waals surface area contributed by atoms with Crippen molar-refractivity contribution in [1.82, 2.24) is 4.98 Å². The molecule has 0 amide bonds. The summed E-state index contributed by atoms with van der Waals surface area (Å²) in [6.45, 7) is 0. The van der Waals surface area contributed by atoms with E-state index in [9.17, 15) is 4.79 Å². The average Bonchev–Trinajstić information content (AvgIpc) is 2.76. The van der Waals surface area contributed by atoms with Gasteiger partial charge in [-0.25, -0.2) is 0 Å². The van der Waals surface area contributed by atoms with Crippen LogP contribution < -0.4 is 5.73 Å². The van der Waals surface area contributed by atoms with Gasteiger partial charge in [0.15, 0.2) is 0 Å². The van der Waals surface area contributed by atoms with Gasteiger partial charge in [-0.15, -0.1) is 12.4 Å². The lowest BCUT2D eigenvalue weighted by Crippen LogP contribution is -2.16. The second-order valence-corrected chi connectivity index (χ2v) is 3.67. The second-order valence-electron chi connectivity index (χ2n) is 3.67. The Kier molecular flexibility index (Phi) is 4.54. The minimum atomic E-state index is -0.327. The quantitative estimate of drug-likeness (QED) is 0.825. The monoisotopic (exact) mass is 254 g/mol. The van der Waals surface area contributed by atoms with Gasteiger partial charge in [-0.3, -0.25) is 4.79 Å². The Morgan fingerprint density at radius 1 is 1.47 bits per heavy atom. The fraction of sp³-hybridized carbons (Fsp3) is 0.250. The lowest BCUT2D eigenvalue weighted by molar-refractivity contribution is -0.141. The third kappa shape index (κ3) is 2.78. The smallest absolute Gasteiger partial charge is 0.307 e. The number of benzene rings is 1. The molecule has 0 saturated carbocycles. The van der Waals surface area contributed by atoms with Crippen molar-refractivity contribution in [2.75, 3.05) is 7.11 Å². The number of aromatic nitrogens is 1. The van der Waals surface area contributed by atoms with E-state index in [0.717, 1.165) is 16.5 Å². The van der Waals surface area contributed by atoms with Crippen LogP contribution in [0.1, 0.15) is 18.0 Å². The zero-order valence-corrected chi connectivity index (χ0v) is 10.3. The molecule has 3 N–H and O–H groups in total. The van der Waals surface area contributed by atoms with Gasteiger partial charge in [0.2, 0.25) is 0 Å². The molecule has 0 aliphatic heterocycles. The number of methoxy groups -OCH3 is 1. The Morgan fingerprint density at radius 2 is 2.24 bits per heavy atom. The molecule has 0 aliphatic rings. The van der Waals surface area contributed by atoms with Crippen LogP contribution in [0.3, 0.4) is 0 Å². The third-order valence-corrected chi connectivity index (χ3v) is 2.64. The summed E-state index contributed by atoms with van der Waals surface area (Å²) in [4.78, 5) is 14.3. The van der Waals surface area contributed by atoms with Crippen molar-refractivity contribution in [1.29, 1.82) is 0 Å². The van der Waals surface area contributed by atoms with E-state index in [0.29, 0.717) is 0 Å². The third-order valence-electron chi connectivity index (χ3n) is 2.64. The molecule has 0 unspecified atom stereocenters. The van der Waals surface area contributed by atoms with Gasteiger partial charge in [-0.05, 0) is 17.7 Å². The van der Waals surface area contributed by atoms with Gasteiger partial charge >= 0.3 is 5.97 Å². The van der Waals surface area contributed by atoms with E-state index in [1.165, 1.54) is 7.11 Å². The molecular weight excluding hydrogens is 240 g/mol. The predicted octanol–water partition coefficient (Wildman–Crippen LogP) is 2.15. The largest absolute Gasteiger partial charge is 0.469 e. The molecule has 0 spiro atoms. The number of carbonyl (C=O) groups is 1. The minimum absolute atomic E-state index is 0. The molecule has 1 aromatic carbocycles. The molecule has 0 saturated heterocycles. The summed E-state index contributed by atoms with van der Waals surface area (Å²) in [6.07, 6.45) is 2.06. The molecule has 92 valence electrons. The maximum Gasteiger partial charge on any atom is 0.307 e. The van der Waals surface area contributed by atoms with E-state index in [1.807, 2.05) is 30.5 Å². The molecule has 0 radical (unpaired) electrons. The highest BCUT2D eigenvalue weighted by atomic mass is 35.5. The van der Waals surface area contributed by atoms with Gasteiger partial charge in [0.05, 0.1) is 13.5 Å².